The molecule has 2 heterocycles. The molecule has 6 atom stereocenters. The lowest BCUT2D eigenvalue weighted by atomic mass is 9.99. The molecule has 0 radical (unpaired) electrons. The van der Waals surface area contributed by atoms with E-state index < -0.39 is 12.4 Å². The third kappa shape index (κ3) is 5.40. The van der Waals surface area contributed by atoms with Gasteiger partial charge >= 0.3 is 0 Å². The van der Waals surface area contributed by atoms with E-state index in [1.54, 1.807) is 39.7 Å². The monoisotopic (exact) mass is 544 g/mol. The molecule has 5 rings (SSSR count). The van der Waals surface area contributed by atoms with E-state index in [1.807, 2.05) is 19.1 Å². The Balaban J connectivity index is 1.32. The Morgan fingerprint density at radius 2 is 1.62 bits per heavy atom. The first-order valence-electron chi connectivity index (χ1n) is 12.2. The molecule has 1 aliphatic heterocycles. The van der Waals surface area contributed by atoms with Crippen LogP contribution in [0.1, 0.15) is 18.1 Å². The van der Waals surface area contributed by atoms with Crippen LogP contribution in [0.25, 0.3) is 22.6 Å². The van der Waals surface area contributed by atoms with Gasteiger partial charge in [0.25, 0.3) is 0 Å². The van der Waals surface area contributed by atoms with E-state index in [-0.39, 0.29) is 24.4 Å². The van der Waals surface area contributed by atoms with E-state index in [9.17, 15) is 0 Å². The summed E-state index contributed by atoms with van der Waals surface area (Å²) in [6.07, 6.45) is 1.59. The Bertz CT molecular complexity index is 1260. The van der Waals surface area contributed by atoms with Gasteiger partial charge in [-0.15, -0.1) is 0 Å². The lowest BCUT2D eigenvalue weighted by molar-refractivity contribution is -0.314. The molecule has 0 N–H and O–H groups in total. The summed E-state index contributed by atoms with van der Waals surface area (Å²) in [5.74, 6) is 0.553. The Labute approximate surface area is 227 Å². The fourth-order valence-corrected chi connectivity index (χ4v) is 5.76. The van der Waals surface area contributed by atoms with Crippen molar-refractivity contribution >= 4 is 23.2 Å². The van der Waals surface area contributed by atoms with Crippen LogP contribution >= 0.6 is 23.2 Å². The highest BCUT2D eigenvalue weighted by Crippen LogP contribution is 2.34. The lowest BCUT2D eigenvalue weighted by Crippen LogP contribution is -2.59. The molecule has 6 unspecified atom stereocenters. The maximum atomic E-state index is 6.45. The van der Waals surface area contributed by atoms with Gasteiger partial charge in [0.15, 0.2) is 12.1 Å². The molecule has 0 spiro atoms. The van der Waals surface area contributed by atoms with Crippen molar-refractivity contribution in [2.45, 2.75) is 56.6 Å². The number of benzene rings is 2. The predicted octanol–water partition coefficient (Wildman–Crippen LogP) is 5.39. The number of hydrogen-bond acceptors (Lipinski definition) is 7. The van der Waals surface area contributed by atoms with Gasteiger partial charge in [0.1, 0.15) is 18.3 Å². The average Bonchev–Trinajstić information content (AvgIpc) is 3.30. The molecule has 196 valence electrons. The molecule has 1 saturated heterocycles. The zero-order valence-electron chi connectivity index (χ0n) is 21.2. The van der Waals surface area contributed by atoms with E-state index in [0.717, 1.165) is 29.7 Å². The van der Waals surface area contributed by atoms with Gasteiger partial charge in [-0.2, -0.15) is 0 Å². The Morgan fingerprint density at radius 1 is 0.865 bits per heavy atom. The second-order valence-corrected chi connectivity index (χ2v) is 10.2. The van der Waals surface area contributed by atoms with Crippen molar-refractivity contribution in [3.05, 3.63) is 69.8 Å². The molecule has 7 nitrogen and oxygen atoms in total. The third-order valence-corrected chi connectivity index (χ3v) is 7.64. The molecule has 0 bridgehead atoms. The van der Waals surface area contributed by atoms with Gasteiger partial charge in [-0.05, 0) is 61.2 Å². The van der Waals surface area contributed by atoms with Crippen LogP contribution in [-0.4, -0.2) is 68.1 Å². The van der Waals surface area contributed by atoms with Crippen LogP contribution in [0, 0.1) is 0 Å². The van der Waals surface area contributed by atoms with E-state index in [4.69, 9.17) is 51.9 Å². The number of methoxy groups -OCH3 is 3. The first-order valence-corrected chi connectivity index (χ1v) is 13.0. The first kappa shape index (κ1) is 26.5. The van der Waals surface area contributed by atoms with E-state index in [1.165, 1.54) is 11.1 Å². The minimum absolute atomic E-state index is 0.0365. The second-order valence-electron chi connectivity index (χ2n) is 9.35. The Kier molecular flexibility index (Phi) is 8.12. The van der Waals surface area contributed by atoms with Gasteiger partial charge in [-0.25, -0.2) is 9.97 Å². The number of halogens is 2. The molecular formula is C28H30Cl2N2O5. The van der Waals surface area contributed by atoms with Crippen molar-refractivity contribution in [3.63, 3.8) is 0 Å². The van der Waals surface area contributed by atoms with Crippen molar-refractivity contribution in [1.82, 2.24) is 9.97 Å². The molecule has 0 amide bonds. The Hall–Kier alpha value is -2.10. The second kappa shape index (κ2) is 11.3. The third-order valence-electron chi connectivity index (χ3n) is 7.10. The van der Waals surface area contributed by atoms with Crippen LogP contribution in [0.4, 0.5) is 0 Å². The highest BCUT2D eigenvalue weighted by atomic mass is 35.5. The Morgan fingerprint density at radius 3 is 2.35 bits per heavy atom. The van der Waals surface area contributed by atoms with Gasteiger partial charge in [0.2, 0.25) is 0 Å². The number of hydrogen-bond donors (Lipinski definition) is 0. The van der Waals surface area contributed by atoms with Gasteiger partial charge in [0, 0.05) is 43.7 Å². The van der Waals surface area contributed by atoms with Crippen molar-refractivity contribution in [3.8, 4) is 22.6 Å². The SMILES string of the molecule is COC1C(C)OC(OC2Cc3ccc(-c4ccnc(-c5ccc(Cl)cc5Cl)n4)cc3C2)C(OC)C1OC. The molecule has 2 aromatic carbocycles. The van der Waals surface area contributed by atoms with Crippen LogP contribution in [-0.2, 0) is 36.5 Å². The first-order chi connectivity index (χ1) is 17.9. The number of fused-ring (bicyclic) bond motifs is 1. The fraction of sp³-hybridized carbons (Fsp3) is 0.429. The minimum atomic E-state index is -0.552. The summed E-state index contributed by atoms with van der Waals surface area (Å²) in [4.78, 5) is 9.19. The summed E-state index contributed by atoms with van der Waals surface area (Å²) >= 11 is 12.4. The molecule has 1 fully saturated rings. The number of rotatable bonds is 7. The summed E-state index contributed by atoms with van der Waals surface area (Å²) < 4.78 is 29.6. The van der Waals surface area contributed by atoms with Gasteiger partial charge in [0.05, 0.1) is 22.9 Å². The zero-order chi connectivity index (χ0) is 26.1. The van der Waals surface area contributed by atoms with Crippen LogP contribution in [0.2, 0.25) is 10.0 Å². The van der Waals surface area contributed by atoms with Crippen LogP contribution in [0.3, 0.4) is 0 Å². The summed E-state index contributed by atoms with van der Waals surface area (Å²) in [6, 6.07) is 13.6. The molecular weight excluding hydrogens is 515 g/mol. The van der Waals surface area contributed by atoms with Crippen molar-refractivity contribution in [2.75, 3.05) is 21.3 Å². The standard InChI is InChI=1S/C28H30Cl2N2O5/c1-15-24(33-2)25(34-3)26(35-4)28(36-15)37-20-12-16-5-6-17(11-18(16)13-20)23-9-10-31-27(32-23)21-8-7-19(29)14-22(21)30/h5-11,14-15,20,24-26,28H,12-13H2,1-4H3. The van der Waals surface area contributed by atoms with Crippen LogP contribution < -0.4 is 0 Å². The molecule has 2 aliphatic rings. The number of aromatic nitrogens is 2. The zero-order valence-corrected chi connectivity index (χ0v) is 22.7. The summed E-state index contributed by atoms with van der Waals surface area (Å²) in [7, 11) is 4.95. The molecule has 0 saturated carbocycles. The lowest BCUT2D eigenvalue weighted by Gasteiger charge is -2.44. The highest BCUT2D eigenvalue weighted by molar-refractivity contribution is 6.36. The average molecular weight is 545 g/mol. The van der Waals surface area contributed by atoms with Crippen molar-refractivity contribution in [2.24, 2.45) is 0 Å². The number of ether oxygens (including phenoxy) is 5. The number of nitrogens with zero attached hydrogens (tertiary/aromatic N) is 2. The minimum Gasteiger partial charge on any atom is -0.376 e. The summed E-state index contributed by atoms with van der Waals surface area (Å²) in [5, 5.41) is 1.08. The van der Waals surface area contributed by atoms with Crippen molar-refractivity contribution in [1.29, 1.82) is 0 Å². The maximum Gasteiger partial charge on any atom is 0.187 e. The maximum absolute atomic E-state index is 6.45. The highest BCUT2D eigenvalue weighted by Gasteiger charge is 2.47. The molecule has 1 aliphatic carbocycles. The summed E-state index contributed by atoms with van der Waals surface area (Å²) in [5.41, 5.74) is 5.04. The largest absolute Gasteiger partial charge is 0.376 e. The predicted molar refractivity (Wildman–Crippen MR) is 142 cm³/mol. The van der Waals surface area contributed by atoms with E-state index in [0.29, 0.717) is 15.9 Å². The van der Waals surface area contributed by atoms with E-state index >= 15 is 0 Å². The van der Waals surface area contributed by atoms with Gasteiger partial charge < -0.3 is 23.7 Å². The van der Waals surface area contributed by atoms with Crippen LogP contribution in [0.5, 0.6) is 0 Å². The van der Waals surface area contributed by atoms with Gasteiger partial charge in [-0.1, -0.05) is 35.3 Å². The smallest absolute Gasteiger partial charge is 0.187 e. The molecule has 1 aromatic heterocycles. The topological polar surface area (TPSA) is 71.9 Å². The fourth-order valence-electron chi connectivity index (χ4n) is 5.27. The molecule has 3 aromatic rings. The van der Waals surface area contributed by atoms with Gasteiger partial charge in [-0.3, -0.25) is 0 Å². The van der Waals surface area contributed by atoms with Crippen molar-refractivity contribution < 1.29 is 23.7 Å². The normalized spacial score (nSPS) is 27.3. The van der Waals surface area contributed by atoms with E-state index in [2.05, 4.69) is 23.2 Å². The summed E-state index contributed by atoms with van der Waals surface area (Å²) in [6.45, 7) is 1.96. The molecule has 37 heavy (non-hydrogen) atoms. The molecule has 9 heteroatoms. The quantitative estimate of drug-likeness (QED) is 0.394. The van der Waals surface area contributed by atoms with Crippen LogP contribution in [0.15, 0.2) is 48.7 Å².